The van der Waals surface area contributed by atoms with E-state index in [2.05, 4.69) is 72.0 Å². The molecule has 114 valence electrons. The Morgan fingerprint density at radius 2 is 1.90 bits per heavy atom. The van der Waals surface area contributed by atoms with E-state index in [0.717, 1.165) is 30.4 Å². The summed E-state index contributed by atoms with van der Waals surface area (Å²) in [5, 5.41) is 0. The van der Waals surface area contributed by atoms with Gasteiger partial charge >= 0.3 is 0 Å². The topological polar surface area (TPSA) is 32.5 Å². The summed E-state index contributed by atoms with van der Waals surface area (Å²) in [7, 11) is 6.40. The van der Waals surface area contributed by atoms with Gasteiger partial charge in [0.1, 0.15) is 0 Å². The van der Waals surface area contributed by atoms with E-state index in [0.29, 0.717) is 0 Å². The number of nitrogens with two attached hydrogens (primary N) is 1. The van der Waals surface area contributed by atoms with E-state index in [1.807, 2.05) is 0 Å². The molecule has 0 amide bonds. The molecule has 1 aromatic carbocycles. The summed E-state index contributed by atoms with van der Waals surface area (Å²) in [5.74, 6) is 0. The number of anilines is 1. The molecule has 1 rings (SSSR count). The molecule has 3 nitrogen and oxygen atoms in total. The fraction of sp³-hybridized carbons (Fsp3) is 0.625. The minimum absolute atomic E-state index is 0.234. The average Bonchev–Trinajstić information content (AvgIpc) is 2.38. The zero-order valence-electron chi connectivity index (χ0n) is 13.2. The van der Waals surface area contributed by atoms with Crippen LogP contribution in [-0.4, -0.2) is 45.2 Å². The normalized spacial score (nSPS) is 12.8. The van der Waals surface area contributed by atoms with E-state index < -0.39 is 0 Å². The van der Waals surface area contributed by atoms with Crippen LogP contribution in [-0.2, 0) is 6.42 Å². The Morgan fingerprint density at radius 3 is 2.50 bits per heavy atom. The summed E-state index contributed by atoms with van der Waals surface area (Å²) >= 11 is 3.56. The Morgan fingerprint density at radius 1 is 1.20 bits per heavy atom. The van der Waals surface area contributed by atoms with Gasteiger partial charge in [0.25, 0.3) is 0 Å². The number of halogens is 1. The maximum Gasteiger partial charge on any atom is 0.0397 e. The molecule has 0 aliphatic heterocycles. The smallest absolute Gasteiger partial charge is 0.0397 e. The third kappa shape index (κ3) is 5.81. The van der Waals surface area contributed by atoms with Crippen molar-refractivity contribution in [1.29, 1.82) is 0 Å². The van der Waals surface area contributed by atoms with Gasteiger partial charge in [0.2, 0.25) is 0 Å². The van der Waals surface area contributed by atoms with Crippen molar-refractivity contribution in [2.24, 2.45) is 5.73 Å². The molecule has 1 atom stereocenters. The van der Waals surface area contributed by atoms with Gasteiger partial charge in [-0.25, -0.2) is 0 Å². The fourth-order valence-corrected chi connectivity index (χ4v) is 2.67. The Hall–Kier alpha value is -0.580. The summed E-state index contributed by atoms with van der Waals surface area (Å²) in [5.41, 5.74) is 8.76. The largest absolute Gasteiger partial charge is 0.374 e. The lowest BCUT2D eigenvalue weighted by molar-refractivity contribution is 0.401. The maximum absolute atomic E-state index is 6.12. The Balaban J connectivity index is 2.76. The molecule has 0 aliphatic carbocycles. The molecule has 0 radical (unpaired) electrons. The predicted molar refractivity (Wildman–Crippen MR) is 92.6 cm³/mol. The van der Waals surface area contributed by atoms with Gasteiger partial charge in [0, 0.05) is 29.8 Å². The van der Waals surface area contributed by atoms with Crippen molar-refractivity contribution in [3.63, 3.8) is 0 Å². The van der Waals surface area contributed by atoms with Gasteiger partial charge in [-0.2, -0.15) is 0 Å². The van der Waals surface area contributed by atoms with E-state index in [1.54, 1.807) is 0 Å². The highest BCUT2D eigenvalue weighted by atomic mass is 79.9. The van der Waals surface area contributed by atoms with Crippen LogP contribution in [0.25, 0.3) is 0 Å². The highest BCUT2D eigenvalue weighted by Gasteiger charge is 2.11. The number of hydrogen-bond acceptors (Lipinski definition) is 3. The van der Waals surface area contributed by atoms with Crippen LogP contribution in [0.15, 0.2) is 22.7 Å². The molecule has 2 N–H and O–H groups in total. The minimum Gasteiger partial charge on any atom is -0.374 e. The second-order valence-corrected chi connectivity index (χ2v) is 6.64. The van der Waals surface area contributed by atoms with E-state index >= 15 is 0 Å². The third-order valence-electron chi connectivity index (χ3n) is 3.56. The summed E-state index contributed by atoms with van der Waals surface area (Å²) in [6.45, 7) is 4.32. The number of benzene rings is 1. The first-order chi connectivity index (χ1) is 9.43. The zero-order valence-corrected chi connectivity index (χ0v) is 14.8. The average molecular weight is 342 g/mol. The van der Waals surface area contributed by atoms with Crippen molar-refractivity contribution in [1.82, 2.24) is 4.90 Å². The lowest BCUT2D eigenvalue weighted by Gasteiger charge is -2.24. The summed E-state index contributed by atoms with van der Waals surface area (Å²) in [4.78, 5) is 4.57. The first kappa shape index (κ1) is 17.5. The lowest BCUT2D eigenvalue weighted by Crippen LogP contribution is -2.26. The molecule has 4 heteroatoms. The van der Waals surface area contributed by atoms with E-state index in [-0.39, 0.29) is 6.04 Å². The van der Waals surface area contributed by atoms with Crippen LogP contribution in [0.3, 0.4) is 0 Å². The van der Waals surface area contributed by atoms with Crippen LogP contribution in [0, 0.1) is 0 Å². The van der Waals surface area contributed by atoms with Gasteiger partial charge in [0.05, 0.1) is 0 Å². The van der Waals surface area contributed by atoms with E-state index in [1.165, 1.54) is 17.7 Å². The van der Waals surface area contributed by atoms with Crippen LogP contribution in [0.1, 0.15) is 25.3 Å². The summed E-state index contributed by atoms with van der Waals surface area (Å²) in [6, 6.07) is 6.74. The summed E-state index contributed by atoms with van der Waals surface area (Å²) in [6.07, 6.45) is 3.11. The molecule has 0 aromatic heterocycles. The second kappa shape index (κ2) is 8.65. The Bertz CT molecular complexity index is 407. The monoisotopic (exact) mass is 341 g/mol. The molecule has 0 bridgehead atoms. The van der Waals surface area contributed by atoms with Gasteiger partial charge in [-0.05, 0) is 63.7 Å². The highest BCUT2D eigenvalue weighted by Crippen LogP contribution is 2.25. The van der Waals surface area contributed by atoms with Crippen LogP contribution in [0.2, 0.25) is 0 Å². The standard InChI is InChI=1S/C16H28BrN3/c1-5-15(18)12-13-11-14(17)7-8-16(13)20(4)10-6-9-19(2)3/h7-8,11,15H,5-6,9-10,12,18H2,1-4H3. The molecule has 1 aromatic rings. The van der Waals surface area contributed by atoms with Crippen molar-refractivity contribution < 1.29 is 0 Å². The predicted octanol–water partition coefficient (Wildman–Crippen LogP) is 3.12. The maximum atomic E-state index is 6.12. The zero-order chi connectivity index (χ0) is 15.1. The Labute approximate surface area is 132 Å². The molecule has 0 aliphatic rings. The molecule has 0 spiro atoms. The fourth-order valence-electron chi connectivity index (χ4n) is 2.26. The molecule has 0 saturated carbocycles. The van der Waals surface area contributed by atoms with Crippen molar-refractivity contribution in [3.8, 4) is 0 Å². The van der Waals surface area contributed by atoms with Crippen LogP contribution < -0.4 is 10.6 Å². The molecule has 20 heavy (non-hydrogen) atoms. The summed E-state index contributed by atoms with van der Waals surface area (Å²) < 4.78 is 1.13. The lowest BCUT2D eigenvalue weighted by atomic mass is 10.0. The second-order valence-electron chi connectivity index (χ2n) is 5.72. The van der Waals surface area contributed by atoms with Crippen LogP contribution in [0.4, 0.5) is 5.69 Å². The van der Waals surface area contributed by atoms with Crippen molar-refractivity contribution in [2.45, 2.75) is 32.2 Å². The first-order valence-electron chi connectivity index (χ1n) is 7.34. The highest BCUT2D eigenvalue weighted by molar-refractivity contribution is 9.10. The van der Waals surface area contributed by atoms with E-state index in [9.17, 15) is 0 Å². The molecular formula is C16H28BrN3. The van der Waals surface area contributed by atoms with Crippen molar-refractivity contribution in [3.05, 3.63) is 28.2 Å². The number of nitrogens with zero attached hydrogens (tertiary/aromatic N) is 2. The number of hydrogen-bond donors (Lipinski definition) is 1. The molecular weight excluding hydrogens is 314 g/mol. The van der Waals surface area contributed by atoms with Crippen LogP contribution in [0.5, 0.6) is 0 Å². The SMILES string of the molecule is CCC(N)Cc1cc(Br)ccc1N(C)CCCN(C)C. The van der Waals surface area contributed by atoms with E-state index in [4.69, 9.17) is 5.73 Å². The van der Waals surface area contributed by atoms with Crippen molar-refractivity contribution in [2.75, 3.05) is 39.1 Å². The van der Waals surface area contributed by atoms with Gasteiger partial charge in [-0.15, -0.1) is 0 Å². The van der Waals surface area contributed by atoms with Gasteiger partial charge in [-0.3, -0.25) is 0 Å². The minimum atomic E-state index is 0.234. The molecule has 0 heterocycles. The van der Waals surface area contributed by atoms with Gasteiger partial charge in [-0.1, -0.05) is 22.9 Å². The van der Waals surface area contributed by atoms with Gasteiger partial charge in [0.15, 0.2) is 0 Å². The molecule has 0 fully saturated rings. The Kier molecular flexibility index (Phi) is 7.56. The first-order valence-corrected chi connectivity index (χ1v) is 8.13. The molecule has 0 saturated heterocycles. The van der Waals surface area contributed by atoms with Crippen LogP contribution >= 0.6 is 15.9 Å². The van der Waals surface area contributed by atoms with Gasteiger partial charge < -0.3 is 15.5 Å². The quantitative estimate of drug-likeness (QED) is 0.788. The van der Waals surface area contributed by atoms with Crippen molar-refractivity contribution >= 4 is 21.6 Å². The number of rotatable bonds is 8. The molecule has 1 unspecified atom stereocenters. The third-order valence-corrected chi connectivity index (χ3v) is 4.05.